The number of rotatable bonds is 6. The molecule has 0 spiro atoms. The van der Waals surface area contributed by atoms with Crippen molar-refractivity contribution in [1.82, 2.24) is 9.97 Å². The molecule has 1 heterocycles. The third-order valence-corrected chi connectivity index (χ3v) is 2.83. The highest BCUT2D eigenvalue weighted by Crippen LogP contribution is 2.32. The van der Waals surface area contributed by atoms with E-state index in [0.29, 0.717) is 11.4 Å². The summed E-state index contributed by atoms with van der Waals surface area (Å²) in [5.41, 5.74) is 0.0230. The van der Waals surface area contributed by atoms with Crippen molar-refractivity contribution in [3.8, 4) is 5.88 Å². The Balaban J connectivity index is 2.33. The van der Waals surface area contributed by atoms with Crippen molar-refractivity contribution in [2.75, 3.05) is 11.9 Å². The highest BCUT2D eigenvalue weighted by atomic mass is 19.1. The Labute approximate surface area is 126 Å². The highest BCUT2D eigenvalue weighted by Gasteiger charge is 2.25. The van der Waals surface area contributed by atoms with Gasteiger partial charge in [-0.1, -0.05) is 18.2 Å². The fourth-order valence-corrected chi connectivity index (χ4v) is 1.89. The van der Waals surface area contributed by atoms with Gasteiger partial charge in [0.05, 0.1) is 11.5 Å². The van der Waals surface area contributed by atoms with Gasteiger partial charge in [-0.15, -0.1) is 0 Å². The monoisotopic (exact) mass is 306 g/mol. The third kappa shape index (κ3) is 3.46. The van der Waals surface area contributed by atoms with Crippen LogP contribution >= 0.6 is 0 Å². The van der Waals surface area contributed by atoms with Crippen LogP contribution in [0.5, 0.6) is 5.88 Å². The van der Waals surface area contributed by atoms with E-state index in [2.05, 4.69) is 15.3 Å². The molecule has 0 fully saturated rings. The minimum absolute atomic E-state index is 0.00389. The number of hydrogen-bond donors (Lipinski definition) is 1. The fraction of sp³-hybridized carbons (Fsp3) is 0.286. The summed E-state index contributed by atoms with van der Waals surface area (Å²) in [5.74, 6) is -0.168. The molecule has 1 N–H and O–H groups in total. The molecule has 1 aromatic carbocycles. The van der Waals surface area contributed by atoms with Crippen molar-refractivity contribution in [2.45, 2.75) is 20.4 Å². The summed E-state index contributed by atoms with van der Waals surface area (Å²) in [4.78, 5) is 18.6. The number of ether oxygens (including phenoxy) is 1. The fourth-order valence-electron chi connectivity index (χ4n) is 1.89. The van der Waals surface area contributed by atoms with Gasteiger partial charge in [0.1, 0.15) is 11.6 Å². The van der Waals surface area contributed by atoms with E-state index in [0.717, 1.165) is 0 Å². The number of hydrogen-bond acceptors (Lipinski definition) is 6. The number of nitro groups is 1. The van der Waals surface area contributed by atoms with Gasteiger partial charge in [-0.2, -0.15) is 4.98 Å². The van der Waals surface area contributed by atoms with Crippen molar-refractivity contribution in [3.63, 3.8) is 0 Å². The average molecular weight is 306 g/mol. The molecule has 0 saturated heterocycles. The van der Waals surface area contributed by atoms with E-state index in [1.54, 1.807) is 32.0 Å². The Morgan fingerprint density at radius 1 is 1.36 bits per heavy atom. The second-order valence-corrected chi connectivity index (χ2v) is 4.41. The summed E-state index contributed by atoms with van der Waals surface area (Å²) in [5, 5.41) is 14.0. The summed E-state index contributed by atoms with van der Waals surface area (Å²) >= 11 is 0. The molecule has 116 valence electrons. The maximum absolute atomic E-state index is 13.6. The second-order valence-electron chi connectivity index (χ2n) is 4.41. The van der Waals surface area contributed by atoms with Crippen molar-refractivity contribution in [3.05, 3.63) is 51.6 Å². The topological polar surface area (TPSA) is 90.2 Å². The molecule has 1 aromatic heterocycles. The van der Waals surface area contributed by atoms with E-state index in [1.165, 1.54) is 6.07 Å². The first-order valence-electron chi connectivity index (χ1n) is 6.66. The lowest BCUT2D eigenvalue weighted by molar-refractivity contribution is -0.385. The zero-order chi connectivity index (χ0) is 16.1. The Bertz CT molecular complexity index is 694. The minimum Gasteiger partial charge on any atom is -0.473 e. The number of nitrogens with one attached hydrogen (secondary N) is 1. The van der Waals surface area contributed by atoms with Crippen molar-refractivity contribution in [1.29, 1.82) is 0 Å². The molecule has 22 heavy (non-hydrogen) atoms. The van der Waals surface area contributed by atoms with Crippen LogP contribution < -0.4 is 10.1 Å². The van der Waals surface area contributed by atoms with Crippen LogP contribution in [0.25, 0.3) is 0 Å². The van der Waals surface area contributed by atoms with Crippen molar-refractivity contribution >= 4 is 11.5 Å². The van der Waals surface area contributed by atoms with Crippen LogP contribution in [0.15, 0.2) is 24.3 Å². The first-order valence-corrected chi connectivity index (χ1v) is 6.66. The van der Waals surface area contributed by atoms with Crippen LogP contribution in [-0.2, 0) is 6.54 Å². The summed E-state index contributed by atoms with van der Waals surface area (Å²) in [6, 6.07) is 6.17. The lowest BCUT2D eigenvalue weighted by Crippen LogP contribution is -2.10. The smallest absolute Gasteiger partial charge is 0.372 e. The van der Waals surface area contributed by atoms with Crippen LogP contribution in [0, 0.1) is 22.9 Å². The third-order valence-electron chi connectivity index (χ3n) is 2.83. The SMILES string of the molecule is CCOc1nc(C)nc(NCc2ccccc2F)c1[N+](=O)[O-]. The quantitative estimate of drug-likeness (QED) is 0.652. The Hall–Kier alpha value is -2.77. The first-order chi connectivity index (χ1) is 10.5. The Kier molecular flexibility index (Phi) is 4.82. The van der Waals surface area contributed by atoms with Crippen LogP contribution in [0.1, 0.15) is 18.3 Å². The lowest BCUT2D eigenvalue weighted by Gasteiger charge is -2.10. The van der Waals surface area contributed by atoms with Crippen LogP contribution in [0.2, 0.25) is 0 Å². The molecular weight excluding hydrogens is 291 g/mol. The van der Waals surface area contributed by atoms with Gasteiger partial charge in [-0.25, -0.2) is 9.37 Å². The molecule has 8 heteroatoms. The molecule has 0 bridgehead atoms. The number of aryl methyl sites for hydroxylation is 1. The lowest BCUT2D eigenvalue weighted by atomic mass is 10.2. The predicted octanol–water partition coefficient (Wildman–Crippen LogP) is 2.84. The Morgan fingerprint density at radius 2 is 2.09 bits per heavy atom. The molecular formula is C14H15FN4O3. The zero-order valence-electron chi connectivity index (χ0n) is 12.2. The molecule has 2 rings (SSSR count). The van der Waals surface area contributed by atoms with Gasteiger partial charge in [0, 0.05) is 12.1 Å². The van der Waals surface area contributed by atoms with E-state index in [-0.39, 0.29) is 30.5 Å². The van der Waals surface area contributed by atoms with E-state index in [9.17, 15) is 14.5 Å². The van der Waals surface area contributed by atoms with Gasteiger partial charge in [0.15, 0.2) is 0 Å². The van der Waals surface area contributed by atoms with Crippen LogP contribution in [-0.4, -0.2) is 21.5 Å². The molecule has 0 amide bonds. The number of aromatic nitrogens is 2. The predicted molar refractivity (Wildman–Crippen MR) is 78.3 cm³/mol. The van der Waals surface area contributed by atoms with Crippen molar-refractivity contribution < 1.29 is 14.1 Å². The molecule has 0 atom stereocenters. The molecule has 7 nitrogen and oxygen atoms in total. The summed E-state index contributed by atoms with van der Waals surface area (Å²) in [6.45, 7) is 3.60. The molecule has 2 aromatic rings. The van der Waals surface area contributed by atoms with E-state index in [1.807, 2.05) is 0 Å². The maximum atomic E-state index is 13.6. The van der Waals surface area contributed by atoms with E-state index >= 15 is 0 Å². The van der Waals surface area contributed by atoms with Gasteiger partial charge in [-0.05, 0) is 19.9 Å². The van der Waals surface area contributed by atoms with Gasteiger partial charge in [0.2, 0.25) is 5.82 Å². The van der Waals surface area contributed by atoms with Crippen LogP contribution in [0.3, 0.4) is 0 Å². The minimum atomic E-state index is -0.617. The second kappa shape index (κ2) is 6.79. The standard InChI is InChI=1S/C14H15FN4O3/c1-3-22-14-12(19(20)21)13(17-9(2)18-14)16-8-10-6-4-5-7-11(10)15/h4-7H,3,8H2,1-2H3,(H,16,17,18). The van der Waals surface area contributed by atoms with Gasteiger partial charge in [-0.3, -0.25) is 10.1 Å². The molecule has 0 radical (unpaired) electrons. The van der Waals surface area contributed by atoms with Gasteiger partial charge >= 0.3 is 5.69 Å². The number of anilines is 1. The summed E-state index contributed by atoms with van der Waals surface area (Å²) in [6.07, 6.45) is 0. The van der Waals surface area contributed by atoms with E-state index < -0.39 is 10.7 Å². The van der Waals surface area contributed by atoms with E-state index in [4.69, 9.17) is 4.74 Å². The summed E-state index contributed by atoms with van der Waals surface area (Å²) in [7, 11) is 0. The largest absolute Gasteiger partial charge is 0.473 e. The number of nitrogens with zero attached hydrogens (tertiary/aromatic N) is 3. The Morgan fingerprint density at radius 3 is 2.73 bits per heavy atom. The first kappa shape index (κ1) is 15.6. The maximum Gasteiger partial charge on any atom is 0.372 e. The normalized spacial score (nSPS) is 10.3. The summed E-state index contributed by atoms with van der Waals surface area (Å²) < 4.78 is 18.8. The zero-order valence-corrected chi connectivity index (χ0v) is 12.2. The van der Waals surface area contributed by atoms with Crippen molar-refractivity contribution in [2.24, 2.45) is 0 Å². The molecule has 0 aliphatic rings. The number of benzene rings is 1. The van der Waals surface area contributed by atoms with Gasteiger partial charge in [0.25, 0.3) is 5.88 Å². The molecule has 0 aliphatic heterocycles. The average Bonchev–Trinajstić information content (AvgIpc) is 2.46. The molecule has 0 saturated carbocycles. The van der Waals surface area contributed by atoms with Crippen LogP contribution in [0.4, 0.5) is 15.9 Å². The molecule has 0 aliphatic carbocycles. The highest BCUT2D eigenvalue weighted by molar-refractivity contribution is 5.61. The number of halogens is 1. The molecule has 0 unspecified atom stereocenters. The van der Waals surface area contributed by atoms with Gasteiger partial charge < -0.3 is 10.1 Å².